The molecule has 1 aromatic rings. The van der Waals surface area contributed by atoms with Crippen molar-refractivity contribution >= 4 is 23.2 Å². The van der Waals surface area contributed by atoms with Crippen LogP contribution in [0, 0.1) is 0 Å². The highest BCUT2D eigenvalue weighted by Crippen LogP contribution is 2.18. The quantitative estimate of drug-likeness (QED) is 0.370. The van der Waals surface area contributed by atoms with E-state index in [0.717, 1.165) is 5.75 Å². The second kappa shape index (κ2) is 10.6. The standard InChI is InChI=1S/C15H23N3O4S/c1-4-21-12-5-7-13(8-6-12)22-11(2)14(19)17-18-15(23)16-9-10-20-3/h5-8,11H,4,9-10H2,1-3H3,(H,17,19)(H2,16,18,23)/t11-/m0/s1. The van der Waals surface area contributed by atoms with Crippen molar-refractivity contribution in [2.75, 3.05) is 26.9 Å². The van der Waals surface area contributed by atoms with Gasteiger partial charge < -0.3 is 19.5 Å². The van der Waals surface area contributed by atoms with Crippen LogP contribution >= 0.6 is 12.2 Å². The summed E-state index contributed by atoms with van der Waals surface area (Å²) < 4.78 is 15.8. The van der Waals surface area contributed by atoms with E-state index < -0.39 is 6.10 Å². The molecule has 1 rings (SSSR count). The van der Waals surface area contributed by atoms with Gasteiger partial charge in [-0.25, -0.2) is 0 Å². The van der Waals surface area contributed by atoms with Gasteiger partial charge in [-0.3, -0.25) is 15.6 Å². The second-order valence-corrected chi connectivity index (χ2v) is 4.94. The van der Waals surface area contributed by atoms with Crippen molar-refractivity contribution in [2.45, 2.75) is 20.0 Å². The average Bonchev–Trinajstić information content (AvgIpc) is 2.55. The lowest BCUT2D eigenvalue weighted by Gasteiger charge is -2.16. The number of hydrogen-bond acceptors (Lipinski definition) is 5. The zero-order valence-corrected chi connectivity index (χ0v) is 14.4. The van der Waals surface area contributed by atoms with Gasteiger partial charge in [0.05, 0.1) is 13.2 Å². The Labute approximate surface area is 141 Å². The van der Waals surface area contributed by atoms with Crippen molar-refractivity contribution in [1.82, 2.24) is 16.2 Å². The van der Waals surface area contributed by atoms with E-state index in [0.29, 0.717) is 30.6 Å². The van der Waals surface area contributed by atoms with Crippen molar-refractivity contribution in [2.24, 2.45) is 0 Å². The Morgan fingerprint density at radius 2 is 1.87 bits per heavy atom. The number of hydrogen-bond donors (Lipinski definition) is 3. The summed E-state index contributed by atoms with van der Waals surface area (Å²) in [6, 6.07) is 7.07. The fourth-order valence-corrected chi connectivity index (χ4v) is 1.72. The molecule has 3 N–H and O–H groups in total. The summed E-state index contributed by atoms with van der Waals surface area (Å²) in [5, 5.41) is 3.18. The maximum atomic E-state index is 11.9. The van der Waals surface area contributed by atoms with E-state index in [2.05, 4.69) is 16.2 Å². The van der Waals surface area contributed by atoms with Crippen molar-refractivity contribution in [3.8, 4) is 11.5 Å². The number of nitrogens with one attached hydrogen (secondary N) is 3. The fourth-order valence-electron chi connectivity index (χ4n) is 1.57. The molecule has 0 fully saturated rings. The van der Waals surface area contributed by atoms with Crippen LogP contribution in [-0.4, -0.2) is 44.0 Å². The first-order valence-corrected chi connectivity index (χ1v) is 7.69. The lowest BCUT2D eigenvalue weighted by Crippen LogP contribution is -2.50. The molecule has 1 amide bonds. The molecule has 128 valence electrons. The van der Waals surface area contributed by atoms with Gasteiger partial charge in [-0.15, -0.1) is 0 Å². The number of rotatable bonds is 8. The van der Waals surface area contributed by atoms with E-state index in [9.17, 15) is 4.79 Å². The maximum absolute atomic E-state index is 11.9. The van der Waals surface area contributed by atoms with Gasteiger partial charge in [0.1, 0.15) is 11.5 Å². The molecule has 0 radical (unpaired) electrons. The van der Waals surface area contributed by atoms with E-state index in [1.165, 1.54) is 0 Å². The van der Waals surface area contributed by atoms with Crippen molar-refractivity contribution in [1.29, 1.82) is 0 Å². The summed E-state index contributed by atoms with van der Waals surface area (Å²) in [5.74, 6) is 0.998. The first kappa shape index (κ1) is 19.0. The fraction of sp³-hybridized carbons (Fsp3) is 0.467. The Balaban J connectivity index is 2.34. The third kappa shape index (κ3) is 7.66. The minimum Gasteiger partial charge on any atom is -0.494 e. The third-order valence-electron chi connectivity index (χ3n) is 2.71. The molecule has 0 aliphatic rings. The number of amides is 1. The molecule has 1 atom stereocenters. The predicted octanol–water partition coefficient (Wildman–Crippen LogP) is 0.994. The number of methoxy groups -OCH3 is 1. The van der Waals surface area contributed by atoms with E-state index in [1.807, 2.05) is 6.92 Å². The Morgan fingerprint density at radius 1 is 1.22 bits per heavy atom. The zero-order valence-electron chi connectivity index (χ0n) is 13.5. The first-order chi connectivity index (χ1) is 11.1. The maximum Gasteiger partial charge on any atom is 0.279 e. The molecule has 1 aromatic carbocycles. The van der Waals surface area contributed by atoms with Gasteiger partial charge in [0.15, 0.2) is 11.2 Å². The van der Waals surface area contributed by atoms with Crippen molar-refractivity contribution < 1.29 is 19.0 Å². The number of hydrazine groups is 1. The van der Waals surface area contributed by atoms with Gasteiger partial charge in [-0.2, -0.15) is 0 Å². The Kier molecular flexibility index (Phi) is 8.78. The second-order valence-electron chi connectivity index (χ2n) is 4.53. The third-order valence-corrected chi connectivity index (χ3v) is 2.95. The summed E-state index contributed by atoms with van der Waals surface area (Å²) in [6.45, 7) is 5.24. The van der Waals surface area contributed by atoms with Crippen LogP contribution < -0.4 is 25.6 Å². The molecule has 0 saturated carbocycles. The van der Waals surface area contributed by atoms with Gasteiger partial charge in [-0.1, -0.05) is 0 Å². The molecule has 0 aliphatic carbocycles. The van der Waals surface area contributed by atoms with Gasteiger partial charge in [-0.05, 0) is 50.3 Å². The van der Waals surface area contributed by atoms with Crippen LogP contribution in [0.2, 0.25) is 0 Å². The van der Waals surface area contributed by atoms with Gasteiger partial charge in [0.2, 0.25) is 0 Å². The topological polar surface area (TPSA) is 80.9 Å². The molecule has 0 unspecified atom stereocenters. The van der Waals surface area contributed by atoms with Crippen LogP contribution in [0.25, 0.3) is 0 Å². The van der Waals surface area contributed by atoms with Gasteiger partial charge in [0.25, 0.3) is 5.91 Å². The van der Waals surface area contributed by atoms with E-state index in [4.69, 9.17) is 26.4 Å². The van der Waals surface area contributed by atoms with Crippen molar-refractivity contribution in [3.05, 3.63) is 24.3 Å². The SMILES string of the molecule is CCOc1ccc(O[C@@H](C)C(=O)NNC(=S)NCCOC)cc1. The normalized spacial score (nSPS) is 11.3. The molecular weight excluding hydrogens is 318 g/mol. The molecule has 0 aromatic heterocycles. The molecule has 0 spiro atoms. The summed E-state index contributed by atoms with van der Waals surface area (Å²) >= 11 is 4.99. The van der Waals surface area contributed by atoms with E-state index in [-0.39, 0.29) is 5.91 Å². The van der Waals surface area contributed by atoms with Gasteiger partial charge in [0, 0.05) is 13.7 Å². The monoisotopic (exact) mass is 341 g/mol. The van der Waals surface area contributed by atoms with Crippen molar-refractivity contribution in [3.63, 3.8) is 0 Å². The molecule has 0 heterocycles. The van der Waals surface area contributed by atoms with E-state index in [1.54, 1.807) is 38.3 Å². The summed E-state index contributed by atoms with van der Waals surface area (Å²) in [5.41, 5.74) is 5.08. The highest BCUT2D eigenvalue weighted by atomic mass is 32.1. The smallest absolute Gasteiger partial charge is 0.279 e. The van der Waals surface area contributed by atoms with Crippen LogP contribution in [0.3, 0.4) is 0 Å². The Hall–Kier alpha value is -2.06. The minimum absolute atomic E-state index is 0.309. The molecule has 7 nitrogen and oxygen atoms in total. The first-order valence-electron chi connectivity index (χ1n) is 7.29. The molecule has 23 heavy (non-hydrogen) atoms. The number of ether oxygens (including phenoxy) is 3. The largest absolute Gasteiger partial charge is 0.494 e. The van der Waals surface area contributed by atoms with Crippen LogP contribution in [0.4, 0.5) is 0 Å². The molecule has 0 bridgehead atoms. The summed E-state index contributed by atoms with van der Waals surface area (Å²) in [6.07, 6.45) is -0.679. The highest BCUT2D eigenvalue weighted by molar-refractivity contribution is 7.80. The minimum atomic E-state index is -0.679. The Bertz CT molecular complexity index is 496. The molecular formula is C15H23N3O4S. The van der Waals surface area contributed by atoms with Crippen LogP contribution in [-0.2, 0) is 9.53 Å². The summed E-state index contributed by atoms with van der Waals surface area (Å²) in [4.78, 5) is 11.9. The number of thiocarbonyl (C=S) groups is 1. The Morgan fingerprint density at radius 3 is 2.48 bits per heavy atom. The zero-order chi connectivity index (χ0) is 17.1. The molecule has 8 heteroatoms. The number of benzene rings is 1. The molecule has 0 saturated heterocycles. The average molecular weight is 341 g/mol. The van der Waals surface area contributed by atoms with Crippen LogP contribution in [0.15, 0.2) is 24.3 Å². The van der Waals surface area contributed by atoms with Crippen LogP contribution in [0.5, 0.6) is 11.5 Å². The van der Waals surface area contributed by atoms with E-state index >= 15 is 0 Å². The highest BCUT2D eigenvalue weighted by Gasteiger charge is 2.14. The lowest BCUT2D eigenvalue weighted by molar-refractivity contribution is -0.127. The van der Waals surface area contributed by atoms with Crippen LogP contribution in [0.1, 0.15) is 13.8 Å². The predicted molar refractivity (Wildman–Crippen MR) is 91.5 cm³/mol. The molecule has 0 aliphatic heterocycles. The van der Waals surface area contributed by atoms with Gasteiger partial charge >= 0.3 is 0 Å². The summed E-state index contributed by atoms with van der Waals surface area (Å²) in [7, 11) is 1.60. The number of carbonyl (C=O) groups is 1. The lowest BCUT2D eigenvalue weighted by atomic mass is 10.3. The number of carbonyl (C=O) groups excluding carboxylic acids is 1.